The molecule has 2 amide bonds. The van der Waals surface area contributed by atoms with Gasteiger partial charge < -0.3 is 35.4 Å². The first-order chi connectivity index (χ1) is 13.4. The summed E-state index contributed by atoms with van der Waals surface area (Å²) in [6.07, 6.45) is -4.63. The van der Waals surface area contributed by atoms with Crippen molar-refractivity contribution in [2.75, 3.05) is 11.9 Å². The molecule has 1 aliphatic rings. The van der Waals surface area contributed by atoms with Crippen molar-refractivity contribution in [1.82, 2.24) is 14.9 Å². The Morgan fingerprint density at radius 3 is 2.52 bits per heavy atom. The molecule has 2 rings (SSSR count). The van der Waals surface area contributed by atoms with Crippen molar-refractivity contribution in [3.63, 3.8) is 0 Å². The molecule has 1 aromatic heterocycles. The lowest BCUT2D eigenvalue weighted by Gasteiger charge is -2.21. The van der Waals surface area contributed by atoms with Crippen molar-refractivity contribution in [2.24, 2.45) is 0 Å². The molecule has 0 aliphatic carbocycles. The van der Waals surface area contributed by atoms with Gasteiger partial charge in [0.2, 0.25) is 5.91 Å². The van der Waals surface area contributed by atoms with Crippen molar-refractivity contribution >= 4 is 17.8 Å². The number of carbonyl (C=O) groups excluding carboxylic acids is 2. The van der Waals surface area contributed by atoms with Gasteiger partial charge >= 0.3 is 11.8 Å². The van der Waals surface area contributed by atoms with Gasteiger partial charge in [-0.1, -0.05) is 0 Å². The maximum Gasteiger partial charge on any atom is 0.408 e. The lowest BCUT2D eigenvalue weighted by molar-refractivity contribution is -0.117. The van der Waals surface area contributed by atoms with Crippen molar-refractivity contribution < 1.29 is 34.4 Å². The second kappa shape index (κ2) is 8.86. The van der Waals surface area contributed by atoms with Crippen LogP contribution in [0.15, 0.2) is 17.1 Å². The van der Waals surface area contributed by atoms with Gasteiger partial charge in [-0.05, 0) is 33.8 Å². The van der Waals surface area contributed by atoms with Gasteiger partial charge in [-0.15, -0.1) is 0 Å². The maximum absolute atomic E-state index is 12.2. The highest BCUT2D eigenvalue weighted by Crippen LogP contribution is 2.28. The molecular formula is C17H26N4O8. The summed E-state index contributed by atoms with van der Waals surface area (Å²) in [5.74, 6) is -0.714. The van der Waals surface area contributed by atoms with Crippen LogP contribution in [0.4, 0.5) is 10.6 Å². The molecule has 1 fully saturated rings. The number of hydrogen-bond acceptors (Lipinski definition) is 9. The highest BCUT2D eigenvalue weighted by atomic mass is 16.6. The molecule has 0 saturated carbocycles. The van der Waals surface area contributed by atoms with E-state index in [0.717, 1.165) is 4.57 Å². The van der Waals surface area contributed by atoms with Gasteiger partial charge in [0, 0.05) is 6.20 Å². The summed E-state index contributed by atoms with van der Waals surface area (Å²) in [6.45, 7) is 5.95. The second-order valence-electron chi connectivity index (χ2n) is 7.59. The second-order valence-corrected chi connectivity index (χ2v) is 7.59. The third kappa shape index (κ3) is 5.73. The SMILES string of the molecule is C[C@H](NC(=O)OC(C)(C)C)C(=O)Nc1ccn([C@@H]2O[C@H](CO)[C@@H](O)[C@H]2O)c(=O)n1. The zero-order valence-electron chi connectivity index (χ0n) is 16.5. The topological polar surface area (TPSA) is 172 Å². The molecule has 29 heavy (non-hydrogen) atoms. The fourth-order valence-electron chi connectivity index (χ4n) is 2.57. The number of amides is 2. The van der Waals surface area contributed by atoms with Crippen LogP contribution in [0.1, 0.15) is 33.9 Å². The smallest absolute Gasteiger partial charge is 0.408 e. The van der Waals surface area contributed by atoms with Crippen molar-refractivity contribution in [3.8, 4) is 0 Å². The number of rotatable bonds is 5. The number of carbonyl (C=O) groups is 2. The normalized spacial score (nSPS) is 25.3. The highest BCUT2D eigenvalue weighted by Gasteiger charge is 2.43. The Labute approximate surface area is 166 Å². The van der Waals surface area contributed by atoms with E-state index in [2.05, 4.69) is 15.6 Å². The molecule has 5 N–H and O–H groups in total. The first-order valence-electron chi connectivity index (χ1n) is 8.95. The zero-order chi connectivity index (χ0) is 21.9. The Morgan fingerprint density at radius 1 is 1.34 bits per heavy atom. The molecule has 1 saturated heterocycles. The molecule has 0 aromatic carbocycles. The maximum atomic E-state index is 12.2. The number of aromatic nitrogens is 2. The van der Waals surface area contributed by atoms with Gasteiger partial charge in [0.15, 0.2) is 6.23 Å². The van der Waals surface area contributed by atoms with Crippen LogP contribution in [0, 0.1) is 0 Å². The van der Waals surface area contributed by atoms with E-state index in [1.165, 1.54) is 19.2 Å². The zero-order valence-corrected chi connectivity index (χ0v) is 16.5. The Hall–Kier alpha value is -2.54. The predicted octanol–water partition coefficient (Wildman–Crippen LogP) is -1.29. The van der Waals surface area contributed by atoms with Gasteiger partial charge in [-0.2, -0.15) is 4.98 Å². The average Bonchev–Trinajstić information content (AvgIpc) is 2.88. The minimum absolute atomic E-state index is 0.0826. The van der Waals surface area contributed by atoms with E-state index in [0.29, 0.717) is 0 Å². The molecule has 5 atom stereocenters. The molecule has 2 heterocycles. The number of hydrogen-bond donors (Lipinski definition) is 5. The van der Waals surface area contributed by atoms with E-state index in [9.17, 15) is 24.6 Å². The summed E-state index contributed by atoms with van der Waals surface area (Å²) in [4.78, 5) is 39.8. The van der Waals surface area contributed by atoms with Crippen molar-refractivity contribution in [1.29, 1.82) is 0 Å². The van der Waals surface area contributed by atoms with Gasteiger partial charge in [0.1, 0.15) is 35.8 Å². The quantitative estimate of drug-likeness (QED) is 0.393. The van der Waals surface area contributed by atoms with Gasteiger partial charge in [0.25, 0.3) is 0 Å². The highest BCUT2D eigenvalue weighted by molar-refractivity contribution is 5.95. The van der Waals surface area contributed by atoms with Crippen LogP contribution in [-0.2, 0) is 14.3 Å². The molecule has 1 aromatic rings. The van der Waals surface area contributed by atoms with E-state index in [1.807, 2.05) is 0 Å². The first-order valence-corrected chi connectivity index (χ1v) is 8.95. The molecule has 0 bridgehead atoms. The van der Waals surface area contributed by atoms with Gasteiger partial charge in [0.05, 0.1) is 6.61 Å². The Bertz CT molecular complexity index is 805. The van der Waals surface area contributed by atoms with Crippen molar-refractivity contribution in [3.05, 3.63) is 22.7 Å². The van der Waals surface area contributed by atoms with E-state index in [4.69, 9.17) is 14.6 Å². The monoisotopic (exact) mass is 414 g/mol. The molecular weight excluding hydrogens is 388 g/mol. The summed E-state index contributed by atoms with van der Waals surface area (Å²) in [6, 6.07) is 0.323. The Morgan fingerprint density at radius 2 is 2.00 bits per heavy atom. The van der Waals surface area contributed by atoms with Gasteiger partial charge in [-0.25, -0.2) is 9.59 Å². The van der Waals surface area contributed by atoms with Crippen LogP contribution >= 0.6 is 0 Å². The average molecular weight is 414 g/mol. The molecule has 0 spiro atoms. The van der Waals surface area contributed by atoms with Crippen LogP contribution < -0.4 is 16.3 Å². The van der Waals surface area contributed by atoms with Gasteiger partial charge in [-0.3, -0.25) is 9.36 Å². The number of anilines is 1. The summed E-state index contributed by atoms with van der Waals surface area (Å²) in [5.41, 5.74) is -1.58. The number of aliphatic hydroxyl groups is 3. The summed E-state index contributed by atoms with van der Waals surface area (Å²) in [7, 11) is 0. The minimum Gasteiger partial charge on any atom is -0.444 e. The molecule has 0 unspecified atom stereocenters. The number of nitrogens with zero attached hydrogens (tertiary/aromatic N) is 2. The third-order valence-electron chi connectivity index (χ3n) is 4.00. The largest absolute Gasteiger partial charge is 0.444 e. The predicted molar refractivity (Wildman–Crippen MR) is 99.0 cm³/mol. The van der Waals surface area contributed by atoms with Crippen LogP contribution in [-0.4, -0.2) is 73.4 Å². The van der Waals surface area contributed by atoms with E-state index < -0.39 is 60.5 Å². The first kappa shape index (κ1) is 22.7. The number of ether oxygens (including phenoxy) is 2. The Kier molecular flexibility index (Phi) is 6.95. The van der Waals surface area contributed by atoms with Crippen molar-refractivity contribution in [2.45, 2.75) is 63.9 Å². The summed E-state index contributed by atoms with van der Waals surface area (Å²) in [5, 5.41) is 33.6. The minimum atomic E-state index is -1.44. The van der Waals surface area contributed by atoms with Crippen LogP contribution in [0.5, 0.6) is 0 Å². The molecule has 12 nitrogen and oxygen atoms in total. The summed E-state index contributed by atoms with van der Waals surface area (Å²) < 4.78 is 11.3. The molecule has 12 heteroatoms. The lowest BCUT2D eigenvalue weighted by Crippen LogP contribution is -2.44. The number of alkyl carbamates (subject to hydrolysis) is 1. The van der Waals surface area contributed by atoms with Crippen LogP contribution in [0.2, 0.25) is 0 Å². The fraction of sp³-hybridized carbons (Fsp3) is 0.647. The molecule has 0 radical (unpaired) electrons. The van der Waals surface area contributed by atoms with E-state index in [-0.39, 0.29) is 5.82 Å². The van der Waals surface area contributed by atoms with Crippen LogP contribution in [0.3, 0.4) is 0 Å². The fourth-order valence-corrected chi connectivity index (χ4v) is 2.57. The summed E-state index contributed by atoms with van der Waals surface area (Å²) >= 11 is 0. The third-order valence-corrected chi connectivity index (χ3v) is 4.00. The Balaban J connectivity index is 2.03. The lowest BCUT2D eigenvalue weighted by atomic mass is 10.1. The number of aliphatic hydroxyl groups excluding tert-OH is 3. The standard InChI is InChI=1S/C17H26N4O8/c1-8(18-16(27)29-17(2,3)4)13(25)19-10-5-6-21(15(26)20-10)14-12(24)11(23)9(7-22)28-14/h5-6,8-9,11-12,14,22-24H,7H2,1-4H3,(H,18,27)(H,19,20,25,26)/t8-,9+,11+,12+,14+/m0/s1. The molecule has 1 aliphatic heterocycles. The molecule has 162 valence electrons. The van der Waals surface area contributed by atoms with Crippen LogP contribution in [0.25, 0.3) is 0 Å². The van der Waals surface area contributed by atoms with E-state index in [1.54, 1.807) is 20.8 Å². The number of nitrogens with one attached hydrogen (secondary N) is 2. The van der Waals surface area contributed by atoms with E-state index >= 15 is 0 Å².